The number of nitrogens with zero attached hydrogens (tertiary/aromatic N) is 2. The van der Waals surface area contributed by atoms with Crippen LogP contribution in [0.15, 0.2) is 35.2 Å². The van der Waals surface area contributed by atoms with E-state index >= 15 is 0 Å². The van der Waals surface area contributed by atoms with Crippen LogP contribution in [0.5, 0.6) is 0 Å². The van der Waals surface area contributed by atoms with Crippen LogP contribution in [0, 0.1) is 19.7 Å². The minimum Gasteiger partial charge on any atom is -0.274 e. The molecule has 0 fully saturated rings. The first-order chi connectivity index (χ1) is 16.3. The molecule has 3 rings (SSSR count). The number of amidine groups is 1. The van der Waals surface area contributed by atoms with E-state index in [1.54, 1.807) is 18.7 Å². The van der Waals surface area contributed by atoms with Gasteiger partial charge in [-0.05, 0) is 59.7 Å². The van der Waals surface area contributed by atoms with Gasteiger partial charge in [-0.1, -0.05) is 46.8 Å². The summed E-state index contributed by atoms with van der Waals surface area (Å²) < 4.78 is 41.6. The summed E-state index contributed by atoms with van der Waals surface area (Å²) in [4.78, 5) is 17.9. The average molecular weight is 503 g/mol. The number of aryl methyl sites for hydroxylation is 2. The van der Waals surface area contributed by atoms with Crippen molar-refractivity contribution in [3.05, 3.63) is 64.0 Å². The molecule has 8 heteroatoms. The number of halogens is 1. The zero-order valence-electron chi connectivity index (χ0n) is 21.8. The summed E-state index contributed by atoms with van der Waals surface area (Å²) in [6.07, 6.45) is 0.555. The first kappa shape index (κ1) is 27.0. The van der Waals surface area contributed by atoms with Crippen LogP contribution in [0.2, 0.25) is 0 Å². The van der Waals surface area contributed by atoms with Crippen molar-refractivity contribution in [1.29, 1.82) is 0 Å². The van der Waals surface area contributed by atoms with E-state index in [2.05, 4.69) is 51.7 Å². The summed E-state index contributed by atoms with van der Waals surface area (Å²) in [5, 5.41) is 0. The molecular formula is C27H37FN3O3S+. The van der Waals surface area contributed by atoms with Crippen molar-refractivity contribution in [2.75, 3.05) is 26.2 Å². The molecule has 1 amide bonds. The van der Waals surface area contributed by atoms with Crippen LogP contribution < -0.4 is 4.99 Å². The summed E-state index contributed by atoms with van der Waals surface area (Å²) in [5.74, 6) is -0.438. The normalized spacial score (nSPS) is 14.5. The van der Waals surface area contributed by atoms with E-state index in [9.17, 15) is 17.6 Å². The summed E-state index contributed by atoms with van der Waals surface area (Å²) in [6.45, 7) is 15.6. The van der Waals surface area contributed by atoms with Gasteiger partial charge in [0.1, 0.15) is 23.8 Å². The topological polar surface area (TPSA) is 71.7 Å². The van der Waals surface area contributed by atoms with E-state index in [4.69, 9.17) is 0 Å². The van der Waals surface area contributed by atoms with Gasteiger partial charge in [0.2, 0.25) is 10.0 Å². The number of hydrogen-bond donors (Lipinski definition) is 1. The zero-order valence-corrected chi connectivity index (χ0v) is 22.6. The van der Waals surface area contributed by atoms with Crippen LogP contribution in [0.3, 0.4) is 0 Å². The predicted molar refractivity (Wildman–Crippen MR) is 137 cm³/mol. The quantitative estimate of drug-likeness (QED) is 0.633. The molecule has 1 N–H and O–H groups in total. The Bertz CT molecular complexity index is 1240. The molecule has 1 aliphatic rings. The maximum absolute atomic E-state index is 14.6. The Hall–Kier alpha value is -2.58. The van der Waals surface area contributed by atoms with Crippen LogP contribution in [-0.2, 0) is 21.9 Å². The molecule has 2 aromatic rings. The molecular weight excluding hydrogens is 465 g/mol. The molecule has 0 saturated heterocycles. The summed E-state index contributed by atoms with van der Waals surface area (Å²) in [7, 11) is -4.04. The third-order valence-corrected chi connectivity index (χ3v) is 8.71. The van der Waals surface area contributed by atoms with Crippen LogP contribution in [-0.4, -0.2) is 55.5 Å². The fourth-order valence-electron chi connectivity index (χ4n) is 4.49. The monoisotopic (exact) mass is 502 g/mol. The van der Waals surface area contributed by atoms with Gasteiger partial charge in [0.05, 0.1) is 12.0 Å². The molecule has 0 atom stereocenters. The molecule has 1 heterocycles. The molecule has 0 unspecified atom stereocenters. The van der Waals surface area contributed by atoms with Gasteiger partial charge in [-0.3, -0.25) is 4.99 Å². The standard InChI is InChI=1S/C27H36FN3O3S/c1-8-30(9-2)35(33,34)24-16-20(10-11-23(24)28)26(32)31-13-12-29-25(31)17-22-18(3)14-21(15-19(22)4)27(5,6)7/h10-11,14-16H,8-9,12-13,17H2,1-7H3/p+1. The van der Waals surface area contributed by atoms with Crippen molar-refractivity contribution in [2.45, 2.75) is 65.2 Å². The molecule has 0 aromatic heterocycles. The maximum atomic E-state index is 14.6. The summed E-state index contributed by atoms with van der Waals surface area (Å²) >= 11 is 0. The van der Waals surface area contributed by atoms with Gasteiger partial charge >= 0.3 is 5.91 Å². The smallest absolute Gasteiger partial charge is 0.274 e. The van der Waals surface area contributed by atoms with E-state index in [1.165, 1.54) is 15.9 Å². The Kier molecular flexibility index (Phi) is 7.86. The Balaban J connectivity index is 1.91. The average Bonchev–Trinajstić information content (AvgIpc) is 3.24. The van der Waals surface area contributed by atoms with Gasteiger partial charge in [0.15, 0.2) is 0 Å². The number of hydrogen-bond acceptors (Lipinski definition) is 3. The third kappa shape index (κ3) is 5.48. The van der Waals surface area contributed by atoms with Gasteiger partial charge < -0.3 is 0 Å². The number of nitrogens with one attached hydrogen (secondary N) is 1. The van der Waals surface area contributed by atoms with Gasteiger partial charge in [-0.25, -0.2) is 17.6 Å². The second-order valence-electron chi connectivity index (χ2n) is 10.1. The Labute approximate surface area is 208 Å². The second kappa shape index (κ2) is 10.2. The molecule has 0 saturated carbocycles. The van der Waals surface area contributed by atoms with Gasteiger partial charge in [0, 0.05) is 13.1 Å². The maximum Gasteiger partial charge on any atom is 0.341 e. The van der Waals surface area contributed by atoms with Gasteiger partial charge in [0.25, 0.3) is 5.84 Å². The largest absolute Gasteiger partial charge is 0.341 e. The van der Waals surface area contributed by atoms with Crippen LogP contribution in [0.4, 0.5) is 4.39 Å². The molecule has 35 heavy (non-hydrogen) atoms. The summed E-state index contributed by atoms with van der Waals surface area (Å²) in [5.41, 5.74) is 4.94. The van der Waals surface area contributed by atoms with Crippen LogP contribution in [0.25, 0.3) is 0 Å². The first-order valence-corrected chi connectivity index (χ1v) is 13.6. The SMILES string of the molecule is CCN(CC)S(=O)(=O)c1cc(C(=O)N2CC[NH+]=C2Cc2c(C)cc(C(C)(C)C)cc2C)ccc1F. The Morgan fingerprint density at radius 2 is 1.69 bits per heavy atom. The lowest BCUT2D eigenvalue weighted by Gasteiger charge is -2.22. The van der Waals surface area contributed by atoms with Crippen molar-refractivity contribution >= 4 is 21.8 Å². The molecule has 2 aromatic carbocycles. The number of rotatable bonds is 7. The second-order valence-corrected chi connectivity index (χ2v) is 12.0. The number of carbonyl (C=O) groups is 1. The zero-order chi connectivity index (χ0) is 26.1. The highest BCUT2D eigenvalue weighted by atomic mass is 32.2. The van der Waals surface area contributed by atoms with E-state index in [0.29, 0.717) is 19.5 Å². The number of sulfonamides is 1. The highest BCUT2D eigenvalue weighted by Gasteiger charge is 2.35. The highest BCUT2D eigenvalue weighted by Crippen LogP contribution is 2.28. The van der Waals surface area contributed by atoms with Crippen molar-refractivity contribution in [1.82, 2.24) is 9.21 Å². The lowest BCUT2D eigenvalue weighted by Crippen LogP contribution is -2.71. The Morgan fingerprint density at radius 3 is 2.23 bits per heavy atom. The number of benzene rings is 2. The lowest BCUT2D eigenvalue weighted by atomic mass is 9.83. The molecule has 0 spiro atoms. The first-order valence-electron chi connectivity index (χ1n) is 12.1. The lowest BCUT2D eigenvalue weighted by molar-refractivity contribution is -0.445. The minimum absolute atomic E-state index is 0.0422. The van der Waals surface area contributed by atoms with Crippen LogP contribution in [0.1, 0.15) is 67.2 Å². The fourth-order valence-corrected chi connectivity index (χ4v) is 6.04. The molecule has 190 valence electrons. The molecule has 0 bridgehead atoms. The van der Waals surface area contributed by atoms with Crippen molar-refractivity contribution in [3.8, 4) is 0 Å². The van der Waals surface area contributed by atoms with E-state index < -0.39 is 20.7 Å². The molecule has 1 aliphatic heterocycles. The predicted octanol–water partition coefficient (Wildman–Crippen LogP) is 2.95. The van der Waals surface area contributed by atoms with Crippen molar-refractivity contribution in [3.63, 3.8) is 0 Å². The van der Waals surface area contributed by atoms with Gasteiger partial charge in [-0.2, -0.15) is 9.21 Å². The van der Waals surface area contributed by atoms with Crippen molar-refractivity contribution in [2.24, 2.45) is 0 Å². The minimum atomic E-state index is -4.04. The van der Waals surface area contributed by atoms with Crippen LogP contribution >= 0.6 is 0 Å². The van der Waals surface area contributed by atoms with E-state index in [-0.39, 0.29) is 30.0 Å². The number of amides is 1. The highest BCUT2D eigenvalue weighted by molar-refractivity contribution is 7.89. The van der Waals surface area contributed by atoms with Gasteiger partial charge in [-0.15, -0.1) is 0 Å². The van der Waals surface area contributed by atoms with E-state index in [1.807, 2.05) is 0 Å². The number of carbonyl (C=O) groups excluding carboxylic acids is 1. The summed E-state index contributed by atoms with van der Waals surface area (Å²) in [6, 6.07) is 7.98. The van der Waals surface area contributed by atoms with Crippen molar-refractivity contribution < 1.29 is 22.6 Å². The third-order valence-electron chi connectivity index (χ3n) is 6.64. The molecule has 6 nitrogen and oxygen atoms in total. The molecule has 0 radical (unpaired) electrons. The molecule has 0 aliphatic carbocycles. The Morgan fingerprint density at radius 1 is 1.09 bits per heavy atom. The van der Waals surface area contributed by atoms with E-state index in [0.717, 1.165) is 34.7 Å². The fraction of sp³-hybridized carbons (Fsp3) is 0.481.